The number of thioether (sulfide) groups is 1. The van der Waals surface area contributed by atoms with Crippen molar-refractivity contribution in [1.82, 2.24) is 4.90 Å². The molecular weight excluding hydrogens is 428 g/mol. The topological polar surface area (TPSA) is 79.3 Å². The Morgan fingerprint density at radius 1 is 1.22 bits per heavy atom. The third kappa shape index (κ3) is 7.39. The highest BCUT2D eigenvalue weighted by Gasteiger charge is 2.30. The highest BCUT2D eigenvalue weighted by atomic mass is 32.2. The molecule has 1 aromatic rings. The van der Waals surface area contributed by atoms with Crippen LogP contribution in [0.4, 0.5) is 5.69 Å². The maximum Gasteiger partial charge on any atom is 0.303 e. The van der Waals surface area contributed by atoms with Gasteiger partial charge in [0.05, 0.1) is 30.4 Å². The molecule has 0 amide bonds. The van der Waals surface area contributed by atoms with Crippen LogP contribution >= 0.6 is 11.8 Å². The summed E-state index contributed by atoms with van der Waals surface area (Å²) in [4.78, 5) is 28.8. The van der Waals surface area contributed by atoms with Gasteiger partial charge in [-0.25, -0.2) is 0 Å². The van der Waals surface area contributed by atoms with Gasteiger partial charge in [0.25, 0.3) is 0 Å². The number of aliphatic hydroxyl groups is 1. The first-order chi connectivity index (χ1) is 15.3. The van der Waals surface area contributed by atoms with Gasteiger partial charge >= 0.3 is 5.97 Å². The lowest BCUT2D eigenvalue weighted by molar-refractivity contribution is -0.149. The fraction of sp³-hybridized carbons (Fsp3) is 0.500. The summed E-state index contributed by atoms with van der Waals surface area (Å²) >= 11 is 1.48. The third-order valence-electron chi connectivity index (χ3n) is 5.26. The van der Waals surface area contributed by atoms with Crippen molar-refractivity contribution in [2.75, 3.05) is 46.2 Å². The fourth-order valence-electron chi connectivity index (χ4n) is 3.42. The lowest BCUT2D eigenvalue weighted by Crippen LogP contribution is -2.32. The third-order valence-corrected chi connectivity index (χ3v) is 6.67. The van der Waals surface area contributed by atoms with E-state index < -0.39 is 12.1 Å². The fourth-order valence-corrected chi connectivity index (χ4v) is 4.86. The van der Waals surface area contributed by atoms with Crippen molar-refractivity contribution in [1.29, 1.82) is 0 Å². The van der Waals surface area contributed by atoms with E-state index in [0.717, 1.165) is 47.0 Å². The van der Waals surface area contributed by atoms with Crippen LogP contribution in [-0.4, -0.2) is 75.0 Å². The summed E-state index contributed by atoms with van der Waals surface area (Å²) in [5.41, 5.74) is 2.78. The van der Waals surface area contributed by atoms with Gasteiger partial charge < -0.3 is 24.4 Å². The van der Waals surface area contributed by atoms with Crippen molar-refractivity contribution in [3.8, 4) is 0 Å². The molecule has 1 aromatic carbocycles. The van der Waals surface area contributed by atoms with Crippen LogP contribution in [0.1, 0.15) is 25.3 Å². The van der Waals surface area contributed by atoms with E-state index in [4.69, 9.17) is 9.47 Å². The monoisotopic (exact) mass is 462 g/mol. The number of methoxy groups -OCH3 is 1. The van der Waals surface area contributed by atoms with Gasteiger partial charge in [0.1, 0.15) is 0 Å². The minimum absolute atomic E-state index is 0.0798. The number of carbonyl (C=O) groups excluding carboxylic acids is 2. The Labute approximate surface area is 195 Å². The highest BCUT2D eigenvalue weighted by molar-refractivity contribution is 8.00. The van der Waals surface area contributed by atoms with E-state index in [9.17, 15) is 14.7 Å². The zero-order valence-electron chi connectivity index (χ0n) is 19.5. The SMILES string of the molecule is COC1=CC=C([C@H](Sc2cc(CO)ccc2N(C)CCN(C)C)[C@H](C=O)OC(C)=O)CC1. The standard InChI is InChI=1S/C24H34N2O5S/c1-17(29)31-22(16-28)24(19-7-9-20(30-5)10-8-19)32-23-14-18(15-27)6-11-21(23)26(4)13-12-25(2)3/h6-7,9,11,14,16,22,24,27H,8,10,12-13,15H2,1-5H3/t22-,24-/m0/s1. The van der Waals surface area contributed by atoms with E-state index >= 15 is 0 Å². The second kappa shape index (κ2) is 12.7. The Morgan fingerprint density at radius 3 is 2.50 bits per heavy atom. The number of nitrogens with zero attached hydrogens (tertiary/aromatic N) is 2. The summed E-state index contributed by atoms with van der Waals surface area (Å²) in [6.07, 6.45) is 5.05. The van der Waals surface area contributed by atoms with Crippen LogP contribution in [0.2, 0.25) is 0 Å². The molecule has 0 spiro atoms. The minimum Gasteiger partial charge on any atom is -0.501 e. The van der Waals surface area contributed by atoms with Crippen molar-refractivity contribution in [3.63, 3.8) is 0 Å². The summed E-state index contributed by atoms with van der Waals surface area (Å²) in [5.74, 6) is 0.378. The number of esters is 1. The van der Waals surface area contributed by atoms with E-state index in [-0.39, 0.29) is 11.9 Å². The molecule has 1 N–H and O–H groups in total. The number of hydrogen-bond donors (Lipinski definition) is 1. The van der Waals surface area contributed by atoms with E-state index in [1.54, 1.807) is 7.11 Å². The Hall–Kier alpha value is -2.29. The second-order valence-electron chi connectivity index (χ2n) is 8.01. The largest absolute Gasteiger partial charge is 0.501 e. The number of ether oxygens (including phenoxy) is 2. The summed E-state index contributed by atoms with van der Waals surface area (Å²) in [6, 6.07) is 5.83. The van der Waals surface area contributed by atoms with Gasteiger partial charge in [-0.05, 0) is 44.3 Å². The Kier molecular flexibility index (Phi) is 10.3. The second-order valence-corrected chi connectivity index (χ2v) is 9.20. The average molecular weight is 463 g/mol. The molecule has 0 fully saturated rings. The minimum atomic E-state index is -0.918. The number of benzene rings is 1. The maximum absolute atomic E-state index is 11.9. The lowest BCUT2D eigenvalue weighted by Gasteiger charge is -2.29. The first-order valence-electron chi connectivity index (χ1n) is 10.6. The molecule has 0 aliphatic heterocycles. The molecule has 1 aliphatic carbocycles. The molecule has 1 aliphatic rings. The van der Waals surface area contributed by atoms with E-state index in [0.29, 0.717) is 12.7 Å². The molecule has 2 rings (SSSR count). The average Bonchev–Trinajstić information content (AvgIpc) is 2.79. The molecule has 32 heavy (non-hydrogen) atoms. The number of hydrogen-bond acceptors (Lipinski definition) is 8. The number of likely N-dealkylation sites (N-methyl/N-ethyl adjacent to an activating group) is 2. The summed E-state index contributed by atoms with van der Waals surface area (Å²) in [6.45, 7) is 2.92. The quantitative estimate of drug-likeness (QED) is 0.289. The first kappa shape index (κ1) is 26.0. The smallest absolute Gasteiger partial charge is 0.303 e. The van der Waals surface area contributed by atoms with Crippen molar-refractivity contribution < 1.29 is 24.2 Å². The van der Waals surface area contributed by atoms with E-state index in [2.05, 4.69) is 9.80 Å². The lowest BCUT2D eigenvalue weighted by atomic mass is 9.98. The van der Waals surface area contributed by atoms with Gasteiger partial charge in [0.15, 0.2) is 12.4 Å². The van der Waals surface area contributed by atoms with E-state index in [1.807, 2.05) is 51.5 Å². The van der Waals surface area contributed by atoms with Crippen LogP contribution in [0.3, 0.4) is 0 Å². The predicted octanol–water partition coefficient (Wildman–Crippen LogP) is 3.02. The van der Waals surface area contributed by atoms with Crippen molar-refractivity contribution >= 4 is 29.7 Å². The molecular formula is C24H34N2O5S. The van der Waals surface area contributed by atoms with Crippen LogP contribution in [0.15, 0.2) is 46.6 Å². The van der Waals surface area contributed by atoms with Gasteiger partial charge in [0.2, 0.25) is 0 Å². The Morgan fingerprint density at radius 2 is 1.97 bits per heavy atom. The van der Waals surface area contributed by atoms with Crippen molar-refractivity contribution in [3.05, 3.63) is 47.2 Å². The number of aldehydes is 1. The number of carbonyl (C=O) groups is 2. The number of rotatable bonds is 12. The molecule has 176 valence electrons. The van der Waals surface area contributed by atoms with Crippen LogP contribution in [0.25, 0.3) is 0 Å². The molecule has 8 heteroatoms. The summed E-state index contributed by atoms with van der Waals surface area (Å²) in [5, 5.41) is 9.31. The van der Waals surface area contributed by atoms with Crippen LogP contribution < -0.4 is 4.90 Å². The molecule has 0 radical (unpaired) electrons. The molecule has 2 atom stereocenters. The highest BCUT2D eigenvalue weighted by Crippen LogP contribution is 2.40. The van der Waals surface area contributed by atoms with Gasteiger partial charge in [-0.3, -0.25) is 9.59 Å². The van der Waals surface area contributed by atoms with Crippen LogP contribution in [-0.2, 0) is 25.7 Å². The number of allylic oxidation sites excluding steroid dienone is 3. The van der Waals surface area contributed by atoms with Crippen LogP contribution in [0.5, 0.6) is 0 Å². The predicted molar refractivity (Wildman–Crippen MR) is 128 cm³/mol. The summed E-state index contributed by atoms with van der Waals surface area (Å²) < 4.78 is 10.7. The molecule has 0 saturated heterocycles. The maximum atomic E-state index is 11.9. The zero-order chi connectivity index (χ0) is 23.7. The Balaban J connectivity index is 2.44. The zero-order valence-corrected chi connectivity index (χ0v) is 20.4. The molecule has 0 heterocycles. The van der Waals surface area contributed by atoms with Gasteiger partial charge in [0, 0.05) is 38.4 Å². The summed E-state index contributed by atoms with van der Waals surface area (Å²) in [7, 11) is 7.71. The molecule has 0 unspecified atom stereocenters. The normalized spacial score (nSPS) is 15.5. The van der Waals surface area contributed by atoms with Crippen LogP contribution in [0, 0.1) is 0 Å². The van der Waals surface area contributed by atoms with Gasteiger partial charge in [-0.15, -0.1) is 11.8 Å². The molecule has 0 aromatic heterocycles. The van der Waals surface area contributed by atoms with Crippen molar-refractivity contribution in [2.45, 2.75) is 42.6 Å². The van der Waals surface area contributed by atoms with Gasteiger partial charge in [-0.1, -0.05) is 17.7 Å². The number of anilines is 1. The molecule has 7 nitrogen and oxygen atoms in total. The molecule has 0 saturated carbocycles. The first-order valence-corrected chi connectivity index (χ1v) is 11.5. The number of aliphatic hydroxyl groups excluding tert-OH is 1. The molecule has 0 bridgehead atoms. The Bertz CT molecular complexity index is 853. The van der Waals surface area contributed by atoms with E-state index in [1.165, 1.54) is 18.7 Å². The van der Waals surface area contributed by atoms with Gasteiger partial charge in [-0.2, -0.15) is 0 Å². The van der Waals surface area contributed by atoms with Crippen molar-refractivity contribution in [2.24, 2.45) is 0 Å².